The van der Waals surface area contributed by atoms with Gasteiger partial charge in [0.05, 0.1) is 12.1 Å². The van der Waals surface area contributed by atoms with Crippen molar-refractivity contribution in [1.29, 1.82) is 0 Å². The number of carbonyl (C=O) groups excluding carboxylic acids is 1. The van der Waals surface area contributed by atoms with Crippen LogP contribution in [0.25, 0.3) is 0 Å². The van der Waals surface area contributed by atoms with Gasteiger partial charge in [0.15, 0.2) is 0 Å². The quantitative estimate of drug-likeness (QED) is 0.803. The monoisotopic (exact) mass is 334 g/mol. The van der Waals surface area contributed by atoms with E-state index in [-0.39, 0.29) is 5.91 Å². The van der Waals surface area contributed by atoms with Crippen LogP contribution in [-0.4, -0.2) is 31.3 Å². The predicted octanol–water partition coefficient (Wildman–Crippen LogP) is 3.26. The van der Waals surface area contributed by atoms with Crippen molar-refractivity contribution in [2.45, 2.75) is 52.0 Å². The van der Waals surface area contributed by atoms with E-state index >= 15 is 0 Å². The summed E-state index contributed by atoms with van der Waals surface area (Å²) in [5.41, 5.74) is 7.01. The molecule has 0 saturated carbocycles. The van der Waals surface area contributed by atoms with Gasteiger partial charge in [-0.2, -0.15) is 0 Å². The third-order valence-electron chi connectivity index (χ3n) is 4.55. The van der Waals surface area contributed by atoms with Crippen LogP contribution in [0.5, 0.6) is 5.75 Å². The SMILES string of the molecule is CCCC(C)(N)C(=O)Nc1ccc(C)c(OCC2CCOCC2)c1. The topological polar surface area (TPSA) is 73.6 Å². The molecule has 134 valence electrons. The van der Waals surface area contributed by atoms with Gasteiger partial charge < -0.3 is 20.5 Å². The number of hydrogen-bond donors (Lipinski definition) is 2. The Morgan fingerprint density at radius 2 is 2.12 bits per heavy atom. The van der Waals surface area contributed by atoms with Crippen molar-refractivity contribution < 1.29 is 14.3 Å². The second-order valence-electron chi connectivity index (χ2n) is 6.97. The summed E-state index contributed by atoms with van der Waals surface area (Å²) in [6.45, 7) is 8.11. The molecule has 24 heavy (non-hydrogen) atoms. The third kappa shape index (κ3) is 5.21. The van der Waals surface area contributed by atoms with Crippen molar-refractivity contribution >= 4 is 11.6 Å². The first-order valence-corrected chi connectivity index (χ1v) is 8.84. The minimum absolute atomic E-state index is 0.163. The van der Waals surface area contributed by atoms with Crippen molar-refractivity contribution in [2.75, 3.05) is 25.1 Å². The maximum atomic E-state index is 12.3. The molecular formula is C19H30N2O3. The molecule has 2 rings (SSSR count). The number of aryl methyl sites for hydroxylation is 1. The molecule has 0 aliphatic carbocycles. The number of amides is 1. The summed E-state index contributed by atoms with van der Waals surface area (Å²) >= 11 is 0. The van der Waals surface area contributed by atoms with Crippen LogP contribution in [0, 0.1) is 12.8 Å². The number of benzene rings is 1. The average molecular weight is 334 g/mol. The van der Waals surface area contributed by atoms with Crippen molar-refractivity contribution in [3.63, 3.8) is 0 Å². The number of nitrogens with two attached hydrogens (primary N) is 1. The van der Waals surface area contributed by atoms with Gasteiger partial charge >= 0.3 is 0 Å². The third-order valence-corrected chi connectivity index (χ3v) is 4.55. The van der Waals surface area contributed by atoms with E-state index in [0.29, 0.717) is 18.9 Å². The summed E-state index contributed by atoms with van der Waals surface area (Å²) < 4.78 is 11.4. The lowest BCUT2D eigenvalue weighted by molar-refractivity contribution is -0.120. The Bertz CT molecular complexity index is 552. The summed E-state index contributed by atoms with van der Waals surface area (Å²) in [6.07, 6.45) is 3.60. The van der Waals surface area contributed by atoms with Crippen LogP contribution in [0.15, 0.2) is 18.2 Å². The molecule has 5 nitrogen and oxygen atoms in total. The molecular weight excluding hydrogens is 304 g/mol. The molecule has 1 aliphatic rings. The van der Waals surface area contributed by atoms with Gasteiger partial charge in [0.25, 0.3) is 0 Å². The number of ether oxygens (including phenoxy) is 2. The number of hydrogen-bond acceptors (Lipinski definition) is 4. The summed E-state index contributed by atoms with van der Waals surface area (Å²) in [5, 5.41) is 2.91. The highest BCUT2D eigenvalue weighted by Crippen LogP contribution is 2.25. The lowest BCUT2D eigenvalue weighted by atomic mass is 9.96. The molecule has 1 atom stereocenters. The lowest BCUT2D eigenvalue weighted by Gasteiger charge is -2.24. The summed E-state index contributed by atoms with van der Waals surface area (Å²) in [7, 11) is 0. The standard InChI is InChI=1S/C19H30N2O3/c1-4-9-19(3,20)18(22)21-16-6-5-14(2)17(12-16)24-13-15-7-10-23-11-8-15/h5-6,12,15H,4,7-11,13,20H2,1-3H3,(H,21,22). The number of carbonyl (C=O) groups is 1. The van der Waals surface area contributed by atoms with Crippen LogP contribution in [0.3, 0.4) is 0 Å². The van der Waals surface area contributed by atoms with Crippen LogP contribution >= 0.6 is 0 Å². The summed E-state index contributed by atoms with van der Waals surface area (Å²) in [5.74, 6) is 1.19. The molecule has 1 amide bonds. The van der Waals surface area contributed by atoms with Gasteiger partial charge in [-0.3, -0.25) is 4.79 Å². The first-order chi connectivity index (χ1) is 11.4. The highest BCUT2D eigenvalue weighted by molar-refractivity contribution is 5.97. The van der Waals surface area contributed by atoms with E-state index in [1.807, 2.05) is 32.0 Å². The van der Waals surface area contributed by atoms with E-state index in [0.717, 1.165) is 49.5 Å². The molecule has 1 saturated heterocycles. The average Bonchev–Trinajstić information content (AvgIpc) is 2.56. The molecule has 0 aromatic heterocycles. The molecule has 5 heteroatoms. The second-order valence-corrected chi connectivity index (χ2v) is 6.97. The van der Waals surface area contributed by atoms with Crippen molar-refractivity contribution in [3.8, 4) is 5.75 Å². The zero-order valence-corrected chi connectivity index (χ0v) is 15.1. The molecule has 1 aliphatic heterocycles. The number of rotatable bonds is 7. The van der Waals surface area contributed by atoms with Gasteiger partial charge in [-0.15, -0.1) is 0 Å². The summed E-state index contributed by atoms with van der Waals surface area (Å²) in [4.78, 5) is 12.3. The van der Waals surface area contributed by atoms with E-state index in [4.69, 9.17) is 15.2 Å². The minimum atomic E-state index is -0.858. The van der Waals surface area contributed by atoms with Crippen LogP contribution in [0.4, 0.5) is 5.69 Å². The first-order valence-electron chi connectivity index (χ1n) is 8.84. The Morgan fingerprint density at radius 3 is 2.79 bits per heavy atom. The Morgan fingerprint density at radius 1 is 1.42 bits per heavy atom. The Balaban J connectivity index is 1.98. The van der Waals surface area contributed by atoms with E-state index in [2.05, 4.69) is 5.32 Å². The fourth-order valence-electron chi connectivity index (χ4n) is 2.86. The van der Waals surface area contributed by atoms with E-state index < -0.39 is 5.54 Å². The van der Waals surface area contributed by atoms with Crippen LogP contribution in [-0.2, 0) is 9.53 Å². The molecule has 1 unspecified atom stereocenters. The first kappa shape index (κ1) is 18.7. The largest absolute Gasteiger partial charge is 0.493 e. The highest BCUT2D eigenvalue weighted by atomic mass is 16.5. The molecule has 3 N–H and O–H groups in total. The fraction of sp³-hybridized carbons (Fsp3) is 0.632. The van der Waals surface area contributed by atoms with Gasteiger partial charge in [-0.25, -0.2) is 0 Å². The predicted molar refractivity (Wildman–Crippen MR) is 96.3 cm³/mol. The Kier molecular flexibility index (Phi) is 6.63. The maximum Gasteiger partial charge on any atom is 0.244 e. The molecule has 1 heterocycles. The minimum Gasteiger partial charge on any atom is -0.493 e. The van der Waals surface area contributed by atoms with E-state index in [1.54, 1.807) is 6.92 Å². The number of nitrogens with one attached hydrogen (secondary N) is 1. The maximum absolute atomic E-state index is 12.3. The summed E-state index contributed by atoms with van der Waals surface area (Å²) in [6, 6.07) is 5.73. The zero-order chi connectivity index (χ0) is 17.6. The second kappa shape index (κ2) is 8.49. The van der Waals surface area contributed by atoms with Crippen molar-refractivity contribution in [2.24, 2.45) is 11.7 Å². The van der Waals surface area contributed by atoms with Gasteiger partial charge in [-0.1, -0.05) is 19.4 Å². The van der Waals surface area contributed by atoms with Gasteiger partial charge in [0.1, 0.15) is 5.75 Å². The van der Waals surface area contributed by atoms with Gasteiger partial charge in [-0.05, 0) is 50.7 Å². The van der Waals surface area contributed by atoms with Crippen molar-refractivity contribution in [3.05, 3.63) is 23.8 Å². The van der Waals surface area contributed by atoms with Crippen LogP contribution in [0.2, 0.25) is 0 Å². The van der Waals surface area contributed by atoms with Gasteiger partial charge in [0.2, 0.25) is 5.91 Å². The van der Waals surface area contributed by atoms with Gasteiger partial charge in [0, 0.05) is 25.0 Å². The fourth-order valence-corrected chi connectivity index (χ4v) is 2.86. The van der Waals surface area contributed by atoms with Crippen LogP contribution < -0.4 is 15.8 Å². The van der Waals surface area contributed by atoms with E-state index in [9.17, 15) is 4.79 Å². The molecule has 0 spiro atoms. The zero-order valence-electron chi connectivity index (χ0n) is 15.1. The lowest BCUT2D eigenvalue weighted by Crippen LogP contribution is -2.48. The number of anilines is 1. The smallest absolute Gasteiger partial charge is 0.244 e. The Hall–Kier alpha value is -1.59. The van der Waals surface area contributed by atoms with E-state index in [1.165, 1.54) is 0 Å². The highest BCUT2D eigenvalue weighted by Gasteiger charge is 2.27. The molecule has 0 radical (unpaired) electrons. The van der Waals surface area contributed by atoms with Crippen LogP contribution in [0.1, 0.15) is 45.1 Å². The normalized spacial score (nSPS) is 18.0. The molecule has 1 fully saturated rings. The van der Waals surface area contributed by atoms with Crippen molar-refractivity contribution in [1.82, 2.24) is 0 Å². The molecule has 1 aromatic rings. The molecule has 1 aromatic carbocycles. The Labute approximate surface area is 144 Å². The molecule has 0 bridgehead atoms.